The maximum absolute atomic E-state index is 11.0. The molecule has 3 aromatic rings. The van der Waals surface area contributed by atoms with E-state index in [-0.39, 0.29) is 11.3 Å². The van der Waals surface area contributed by atoms with E-state index in [4.69, 9.17) is 9.47 Å². The summed E-state index contributed by atoms with van der Waals surface area (Å²) in [4.78, 5) is 0. The summed E-state index contributed by atoms with van der Waals surface area (Å²) in [6.45, 7) is 6.55. The van der Waals surface area contributed by atoms with E-state index in [9.17, 15) is 5.11 Å². The predicted octanol–water partition coefficient (Wildman–Crippen LogP) is 5.89. The number of hydrogen-bond acceptors (Lipinski definition) is 3. The van der Waals surface area contributed by atoms with E-state index >= 15 is 0 Å². The number of aliphatic hydroxyl groups excluding tert-OH is 1. The van der Waals surface area contributed by atoms with Gasteiger partial charge in [-0.2, -0.15) is 0 Å². The summed E-state index contributed by atoms with van der Waals surface area (Å²) in [6.07, 6.45) is 0.988. The van der Waals surface area contributed by atoms with Crippen molar-refractivity contribution < 1.29 is 14.6 Å². The van der Waals surface area contributed by atoms with E-state index in [0.717, 1.165) is 28.7 Å². The molecule has 3 aromatic carbocycles. The van der Waals surface area contributed by atoms with E-state index in [1.165, 1.54) is 0 Å². The molecule has 0 aromatic heterocycles. The molecule has 3 heteroatoms. The molecule has 1 fully saturated rings. The third-order valence-corrected chi connectivity index (χ3v) is 6.39. The van der Waals surface area contributed by atoms with E-state index in [1.54, 1.807) is 0 Å². The third kappa shape index (κ3) is 5.74. The maximum atomic E-state index is 11.0. The van der Waals surface area contributed by atoms with Gasteiger partial charge in [0.2, 0.25) is 0 Å². The highest BCUT2D eigenvalue weighted by molar-refractivity contribution is 5.66. The molecule has 0 bridgehead atoms. The van der Waals surface area contributed by atoms with E-state index in [1.807, 2.05) is 54.6 Å². The summed E-state index contributed by atoms with van der Waals surface area (Å²) in [5, 5.41) is 11.0. The zero-order valence-electron chi connectivity index (χ0n) is 18.5. The van der Waals surface area contributed by atoms with Gasteiger partial charge in [-0.1, -0.05) is 97.6 Å². The summed E-state index contributed by atoms with van der Waals surface area (Å²) in [7, 11) is 0. The quantitative estimate of drug-likeness (QED) is 0.438. The first-order valence-electron chi connectivity index (χ1n) is 11.3. The Balaban J connectivity index is 1.44. The monoisotopic (exact) mass is 428 g/mol. The van der Waals surface area contributed by atoms with E-state index < -0.39 is 6.10 Å². The zero-order chi connectivity index (χ0) is 22.2. The number of rotatable bonds is 10. The van der Waals surface area contributed by atoms with E-state index in [2.05, 4.69) is 43.0 Å². The van der Waals surface area contributed by atoms with Gasteiger partial charge in [-0.15, -0.1) is 0 Å². The minimum absolute atomic E-state index is 0.00181. The van der Waals surface area contributed by atoms with Crippen molar-refractivity contribution in [2.75, 3.05) is 13.2 Å². The molecule has 0 aliphatic heterocycles. The molecule has 0 radical (unpaired) electrons. The zero-order valence-corrected chi connectivity index (χ0v) is 18.5. The van der Waals surface area contributed by atoms with Crippen molar-refractivity contribution >= 4 is 5.57 Å². The molecule has 0 amide bonds. The highest BCUT2D eigenvalue weighted by atomic mass is 16.5. The normalized spacial score (nSPS) is 19.7. The second kappa shape index (κ2) is 10.7. The Kier molecular flexibility index (Phi) is 7.54. The van der Waals surface area contributed by atoms with Crippen LogP contribution in [0.2, 0.25) is 0 Å². The Morgan fingerprint density at radius 3 is 1.72 bits per heavy atom. The average Bonchev–Trinajstić information content (AvgIpc) is 3.16. The lowest BCUT2D eigenvalue weighted by Gasteiger charge is -2.29. The van der Waals surface area contributed by atoms with Gasteiger partial charge in [0.05, 0.1) is 32.5 Å². The minimum Gasteiger partial charge on any atom is -0.392 e. The van der Waals surface area contributed by atoms with Crippen LogP contribution in [0.1, 0.15) is 29.5 Å². The minimum atomic E-state index is -0.455. The Hall–Kier alpha value is -2.72. The molecule has 0 spiro atoms. The molecule has 1 aliphatic rings. The molecule has 4 rings (SSSR count). The van der Waals surface area contributed by atoms with Crippen molar-refractivity contribution in [3.63, 3.8) is 0 Å². The van der Waals surface area contributed by atoms with Crippen LogP contribution in [0.3, 0.4) is 0 Å². The lowest BCUT2D eigenvalue weighted by molar-refractivity contribution is -0.0353. The standard InChI is InChI=1S/C29H32O3/c1-23(26-15-9-4-10-16-26)27-17-29(18-28(27)30,21-31-19-24-11-5-2-6-12-24)22-32-20-25-13-7-3-8-14-25/h2-16,27-28,30H,1,17-22H2/t27-,28+/m0/s1. The number of ether oxygens (including phenoxy) is 2. The predicted molar refractivity (Wildman–Crippen MR) is 129 cm³/mol. The molecule has 0 unspecified atom stereocenters. The van der Waals surface area contributed by atoms with E-state index in [0.29, 0.717) is 32.8 Å². The average molecular weight is 429 g/mol. The van der Waals surface area contributed by atoms with Crippen molar-refractivity contribution in [1.82, 2.24) is 0 Å². The third-order valence-electron chi connectivity index (χ3n) is 6.39. The summed E-state index contributed by atoms with van der Waals surface area (Å²) in [5.41, 5.74) is 4.13. The van der Waals surface area contributed by atoms with Gasteiger partial charge in [0.1, 0.15) is 0 Å². The molecule has 0 saturated heterocycles. The molecule has 0 heterocycles. The van der Waals surface area contributed by atoms with Crippen molar-refractivity contribution in [2.45, 2.75) is 32.2 Å². The fraction of sp³-hybridized carbons (Fsp3) is 0.310. The summed E-state index contributed by atoms with van der Waals surface area (Å²) < 4.78 is 12.3. The van der Waals surface area contributed by atoms with Gasteiger partial charge < -0.3 is 14.6 Å². The molecule has 3 nitrogen and oxygen atoms in total. The van der Waals surface area contributed by atoms with Gasteiger partial charge in [0.25, 0.3) is 0 Å². The molecular weight excluding hydrogens is 396 g/mol. The van der Waals surface area contributed by atoms with Crippen LogP contribution in [-0.4, -0.2) is 24.4 Å². The van der Waals surface area contributed by atoms with Crippen LogP contribution >= 0.6 is 0 Å². The van der Waals surface area contributed by atoms with Crippen molar-refractivity contribution in [2.24, 2.45) is 11.3 Å². The summed E-state index contributed by atoms with van der Waals surface area (Å²) >= 11 is 0. The highest BCUT2D eigenvalue weighted by Gasteiger charge is 2.46. The number of aliphatic hydroxyl groups is 1. The smallest absolute Gasteiger partial charge is 0.0717 e. The first-order valence-corrected chi connectivity index (χ1v) is 11.3. The Morgan fingerprint density at radius 2 is 1.22 bits per heavy atom. The molecular formula is C29H32O3. The van der Waals surface area contributed by atoms with Crippen LogP contribution in [0.4, 0.5) is 0 Å². The number of benzene rings is 3. The largest absolute Gasteiger partial charge is 0.392 e. The van der Waals surface area contributed by atoms with Crippen LogP contribution in [0, 0.1) is 11.3 Å². The van der Waals surface area contributed by atoms with Gasteiger partial charge in [0, 0.05) is 11.3 Å². The van der Waals surface area contributed by atoms with Crippen molar-refractivity contribution in [3.8, 4) is 0 Å². The maximum Gasteiger partial charge on any atom is 0.0717 e. The molecule has 1 N–H and O–H groups in total. The van der Waals surface area contributed by atoms with Gasteiger partial charge in [-0.05, 0) is 35.1 Å². The molecule has 2 atom stereocenters. The summed E-state index contributed by atoms with van der Waals surface area (Å²) in [6, 6.07) is 30.6. The van der Waals surface area contributed by atoms with Crippen LogP contribution in [0.25, 0.3) is 5.57 Å². The van der Waals surface area contributed by atoms with Gasteiger partial charge in [-0.25, -0.2) is 0 Å². The van der Waals surface area contributed by atoms with Gasteiger partial charge >= 0.3 is 0 Å². The molecule has 1 saturated carbocycles. The van der Waals surface area contributed by atoms with Crippen LogP contribution in [-0.2, 0) is 22.7 Å². The van der Waals surface area contributed by atoms with Gasteiger partial charge in [-0.3, -0.25) is 0 Å². The Morgan fingerprint density at radius 1 is 0.750 bits per heavy atom. The highest BCUT2D eigenvalue weighted by Crippen LogP contribution is 2.47. The first kappa shape index (κ1) is 22.5. The Bertz CT molecular complexity index is 924. The van der Waals surface area contributed by atoms with Crippen molar-refractivity contribution in [3.05, 3.63) is 114 Å². The molecule has 166 valence electrons. The van der Waals surface area contributed by atoms with Crippen molar-refractivity contribution in [1.29, 1.82) is 0 Å². The molecule has 32 heavy (non-hydrogen) atoms. The molecule has 1 aliphatic carbocycles. The van der Waals surface area contributed by atoms with Crippen LogP contribution in [0.5, 0.6) is 0 Å². The second-order valence-corrected chi connectivity index (χ2v) is 8.93. The Labute approximate surface area is 191 Å². The van der Waals surface area contributed by atoms with Crippen LogP contribution < -0.4 is 0 Å². The lowest BCUT2D eigenvalue weighted by atomic mass is 9.84. The second-order valence-electron chi connectivity index (χ2n) is 8.93. The topological polar surface area (TPSA) is 38.7 Å². The fourth-order valence-corrected chi connectivity index (χ4v) is 4.69. The lowest BCUT2D eigenvalue weighted by Crippen LogP contribution is -2.30. The summed E-state index contributed by atoms with van der Waals surface area (Å²) in [5.74, 6) is -0.00181. The SMILES string of the molecule is C=C(c1ccccc1)[C@@H]1CC(COCc2ccccc2)(COCc2ccccc2)C[C@H]1O. The number of hydrogen-bond donors (Lipinski definition) is 1. The fourth-order valence-electron chi connectivity index (χ4n) is 4.69. The van der Waals surface area contributed by atoms with Crippen LogP contribution in [0.15, 0.2) is 97.6 Å². The van der Waals surface area contributed by atoms with Gasteiger partial charge in [0.15, 0.2) is 0 Å². The first-order chi connectivity index (χ1) is 15.7.